The molecule has 0 aliphatic heterocycles. The van der Waals surface area contributed by atoms with Crippen molar-refractivity contribution in [3.8, 4) is 0 Å². The number of hydrogen-bond donors (Lipinski definition) is 1. The highest BCUT2D eigenvalue weighted by molar-refractivity contribution is 7.89. The molecule has 1 saturated carbocycles. The van der Waals surface area contributed by atoms with E-state index in [2.05, 4.69) is 10.5 Å². The number of carbonyl (C=O) groups excluding carboxylic acids is 1. The smallest absolute Gasteiger partial charge is 0.255 e. The van der Waals surface area contributed by atoms with Crippen LogP contribution in [0, 0.1) is 20.8 Å². The number of amides is 1. The fourth-order valence-corrected chi connectivity index (χ4v) is 6.56. The topological polar surface area (TPSA) is 78.8 Å². The van der Waals surface area contributed by atoms with Gasteiger partial charge in [0.2, 0.25) is 10.0 Å². The summed E-state index contributed by atoms with van der Waals surface area (Å²) in [7, 11) is -3.85. The molecule has 2 aromatic carbocycles. The lowest BCUT2D eigenvalue weighted by Crippen LogP contribution is -2.46. The second-order valence-electron chi connectivity index (χ2n) is 8.41. The Hall–Kier alpha value is -2.22. The summed E-state index contributed by atoms with van der Waals surface area (Å²) in [5.41, 5.74) is 5.65. The Bertz CT molecular complexity index is 1070. The van der Waals surface area contributed by atoms with Crippen molar-refractivity contribution in [2.45, 2.75) is 63.8 Å². The summed E-state index contributed by atoms with van der Waals surface area (Å²) in [6.07, 6.45) is 6.01. The lowest BCUT2D eigenvalue weighted by atomic mass is 9.95. The van der Waals surface area contributed by atoms with E-state index in [1.54, 1.807) is 24.3 Å². The summed E-state index contributed by atoms with van der Waals surface area (Å²) in [6, 6.07) is 10.6. The van der Waals surface area contributed by atoms with Crippen molar-refractivity contribution in [1.29, 1.82) is 0 Å². The Morgan fingerprint density at radius 2 is 1.69 bits per heavy atom. The minimum absolute atomic E-state index is 0.195. The second kappa shape index (κ2) is 10.6. The van der Waals surface area contributed by atoms with E-state index in [1.165, 1.54) is 10.5 Å². The highest BCUT2D eigenvalue weighted by Crippen LogP contribution is 2.31. The summed E-state index contributed by atoms with van der Waals surface area (Å²) in [4.78, 5) is 13.0. The van der Waals surface area contributed by atoms with E-state index in [1.807, 2.05) is 32.9 Å². The first-order chi connectivity index (χ1) is 15.2. The Labute approximate surface area is 195 Å². The minimum Gasteiger partial charge on any atom is -0.272 e. The van der Waals surface area contributed by atoms with E-state index in [0.717, 1.165) is 43.2 Å². The van der Waals surface area contributed by atoms with Crippen LogP contribution in [0.2, 0.25) is 5.02 Å². The molecule has 0 aromatic heterocycles. The number of sulfonamides is 1. The van der Waals surface area contributed by atoms with Gasteiger partial charge in [-0.15, -0.1) is 0 Å². The van der Waals surface area contributed by atoms with Crippen LogP contribution in [0.3, 0.4) is 0 Å². The molecule has 1 aliphatic rings. The number of hydrogen-bond acceptors (Lipinski definition) is 4. The average Bonchev–Trinajstić information content (AvgIpc) is 2.73. The van der Waals surface area contributed by atoms with Crippen molar-refractivity contribution in [1.82, 2.24) is 9.73 Å². The molecule has 1 fully saturated rings. The van der Waals surface area contributed by atoms with E-state index in [9.17, 15) is 13.2 Å². The lowest BCUT2D eigenvalue weighted by Gasteiger charge is -2.33. The van der Waals surface area contributed by atoms with Crippen LogP contribution in [0.25, 0.3) is 0 Å². The zero-order chi connectivity index (χ0) is 23.3. The van der Waals surface area contributed by atoms with Gasteiger partial charge in [-0.3, -0.25) is 4.79 Å². The van der Waals surface area contributed by atoms with Crippen molar-refractivity contribution in [2.24, 2.45) is 5.10 Å². The molecule has 32 heavy (non-hydrogen) atoms. The van der Waals surface area contributed by atoms with E-state index >= 15 is 0 Å². The van der Waals surface area contributed by atoms with Gasteiger partial charge in [0.25, 0.3) is 5.91 Å². The zero-order valence-corrected chi connectivity index (χ0v) is 20.3. The molecule has 3 rings (SSSR count). The molecule has 0 unspecified atom stereocenters. The molecule has 6 nitrogen and oxygen atoms in total. The number of carbonyl (C=O) groups is 1. The van der Waals surface area contributed by atoms with E-state index in [4.69, 9.17) is 11.6 Å². The fraction of sp³-hybridized carbons (Fsp3) is 0.417. The first kappa shape index (κ1) is 24.4. The zero-order valence-electron chi connectivity index (χ0n) is 18.8. The molecule has 172 valence electrons. The predicted octanol–water partition coefficient (Wildman–Crippen LogP) is 4.74. The molecular weight excluding hydrogens is 446 g/mol. The molecule has 0 saturated heterocycles. The summed E-state index contributed by atoms with van der Waals surface area (Å²) >= 11 is 5.87. The van der Waals surface area contributed by atoms with Crippen LogP contribution in [0.5, 0.6) is 0 Å². The van der Waals surface area contributed by atoms with Crippen molar-refractivity contribution in [3.63, 3.8) is 0 Å². The van der Waals surface area contributed by atoms with Gasteiger partial charge in [-0.2, -0.15) is 9.41 Å². The van der Waals surface area contributed by atoms with E-state index in [-0.39, 0.29) is 12.6 Å². The van der Waals surface area contributed by atoms with Gasteiger partial charge in [-0.1, -0.05) is 60.7 Å². The summed E-state index contributed by atoms with van der Waals surface area (Å²) in [5, 5.41) is 4.59. The van der Waals surface area contributed by atoms with Crippen molar-refractivity contribution < 1.29 is 13.2 Å². The van der Waals surface area contributed by atoms with Gasteiger partial charge in [-0.05, 0) is 62.4 Å². The number of rotatable bonds is 7. The largest absolute Gasteiger partial charge is 0.272 e. The molecule has 1 aliphatic carbocycles. The number of nitrogens with one attached hydrogen (secondary N) is 1. The van der Waals surface area contributed by atoms with Gasteiger partial charge in [0, 0.05) is 11.1 Å². The highest BCUT2D eigenvalue weighted by Gasteiger charge is 2.35. The number of nitrogens with zero attached hydrogens (tertiary/aromatic N) is 2. The molecular formula is C24H30ClN3O3S. The van der Waals surface area contributed by atoms with Crippen LogP contribution in [-0.2, 0) is 14.8 Å². The Balaban J connectivity index is 1.83. The van der Waals surface area contributed by atoms with Crippen LogP contribution in [0.15, 0.2) is 46.4 Å². The Kier molecular flexibility index (Phi) is 8.09. The second-order valence-corrected chi connectivity index (χ2v) is 10.7. The van der Waals surface area contributed by atoms with Gasteiger partial charge in [0.15, 0.2) is 0 Å². The third-order valence-corrected chi connectivity index (χ3v) is 8.18. The minimum atomic E-state index is -3.85. The molecule has 0 bridgehead atoms. The maximum absolute atomic E-state index is 13.7. The number of hydrazone groups is 1. The summed E-state index contributed by atoms with van der Waals surface area (Å²) < 4.78 is 28.9. The Morgan fingerprint density at radius 1 is 1.09 bits per heavy atom. The third-order valence-electron chi connectivity index (χ3n) is 5.73. The molecule has 1 N–H and O–H groups in total. The number of benzene rings is 2. The van der Waals surface area contributed by atoms with E-state index in [0.29, 0.717) is 21.0 Å². The summed E-state index contributed by atoms with van der Waals surface area (Å²) in [6.45, 7) is 5.30. The molecule has 2 aromatic rings. The standard InChI is InChI=1S/C24H30ClN3O3S/c1-17-13-18(2)24(19(3)14-17)32(30,31)28(22-7-5-4-6-8-22)16-23(29)27-26-15-20-9-11-21(25)12-10-20/h9-15,22H,4-8,16H2,1-3H3,(H,27,29). The number of aryl methyl sites for hydroxylation is 3. The van der Waals surface area contributed by atoms with Crippen molar-refractivity contribution in [2.75, 3.05) is 6.54 Å². The van der Waals surface area contributed by atoms with Crippen LogP contribution >= 0.6 is 11.6 Å². The van der Waals surface area contributed by atoms with Crippen LogP contribution in [0.4, 0.5) is 0 Å². The third kappa shape index (κ3) is 5.97. The molecule has 8 heteroatoms. The van der Waals surface area contributed by atoms with Gasteiger partial charge in [0.1, 0.15) is 0 Å². The average molecular weight is 476 g/mol. The van der Waals surface area contributed by atoms with Crippen molar-refractivity contribution in [3.05, 3.63) is 63.7 Å². The van der Waals surface area contributed by atoms with Gasteiger partial charge >= 0.3 is 0 Å². The predicted molar refractivity (Wildman–Crippen MR) is 129 cm³/mol. The summed E-state index contributed by atoms with van der Waals surface area (Å²) in [5.74, 6) is -0.466. The van der Waals surface area contributed by atoms with Gasteiger partial charge < -0.3 is 0 Å². The van der Waals surface area contributed by atoms with Crippen LogP contribution < -0.4 is 5.43 Å². The molecule has 0 radical (unpaired) electrons. The first-order valence-electron chi connectivity index (χ1n) is 10.9. The molecule has 0 spiro atoms. The maximum Gasteiger partial charge on any atom is 0.255 e. The monoisotopic (exact) mass is 475 g/mol. The molecule has 0 atom stereocenters. The highest BCUT2D eigenvalue weighted by atomic mass is 35.5. The van der Waals surface area contributed by atoms with Crippen molar-refractivity contribution >= 4 is 33.7 Å². The number of halogens is 1. The van der Waals surface area contributed by atoms with Crippen LogP contribution in [0.1, 0.15) is 54.4 Å². The molecule has 1 amide bonds. The lowest BCUT2D eigenvalue weighted by molar-refractivity contribution is -0.121. The van der Waals surface area contributed by atoms with Crippen LogP contribution in [-0.4, -0.2) is 37.4 Å². The molecule has 0 heterocycles. The Morgan fingerprint density at radius 3 is 2.28 bits per heavy atom. The maximum atomic E-state index is 13.7. The quantitative estimate of drug-likeness (QED) is 0.464. The van der Waals surface area contributed by atoms with Gasteiger partial charge in [-0.25, -0.2) is 13.8 Å². The normalized spacial score (nSPS) is 15.4. The van der Waals surface area contributed by atoms with E-state index < -0.39 is 15.9 Å². The fourth-order valence-electron chi connectivity index (χ4n) is 4.37. The van der Waals surface area contributed by atoms with Gasteiger partial charge in [0.05, 0.1) is 17.7 Å². The SMILES string of the molecule is Cc1cc(C)c(S(=O)(=O)N(CC(=O)NN=Cc2ccc(Cl)cc2)C2CCCCC2)c(C)c1. The first-order valence-corrected chi connectivity index (χ1v) is 12.7.